The molecule has 0 radical (unpaired) electrons. The van der Waals surface area contributed by atoms with Gasteiger partial charge in [-0.1, -0.05) is 0 Å². The molecule has 1 aromatic rings. The van der Waals surface area contributed by atoms with Crippen LogP contribution in [0.4, 0.5) is 5.69 Å². The number of carbonyl (C=O) groups is 4. The van der Waals surface area contributed by atoms with Crippen molar-refractivity contribution in [2.24, 2.45) is 5.73 Å². The third kappa shape index (κ3) is 9.78. The Morgan fingerprint density at radius 3 is 2.39 bits per heavy atom. The van der Waals surface area contributed by atoms with Gasteiger partial charge in [0.25, 0.3) is 5.91 Å². The maximum Gasteiger partial charge on any atom is 0.303 e. The summed E-state index contributed by atoms with van der Waals surface area (Å²) in [4.78, 5) is 45.2. The molecule has 0 saturated heterocycles. The monoisotopic (exact) mass is 441 g/mol. The number of carbonyl (C=O) groups excluding carboxylic acids is 3. The molecule has 1 aromatic carbocycles. The smallest absolute Gasteiger partial charge is 0.303 e. The van der Waals surface area contributed by atoms with E-state index < -0.39 is 23.5 Å². The summed E-state index contributed by atoms with van der Waals surface area (Å²) in [6.07, 6.45) is 0.352. The highest BCUT2D eigenvalue weighted by molar-refractivity contribution is 6.02. The fraction of sp³-hybridized carbons (Fsp3) is 0.474. The Morgan fingerprint density at radius 1 is 1.03 bits per heavy atom. The minimum absolute atomic E-state index is 0.0152. The van der Waals surface area contributed by atoms with E-state index in [2.05, 4.69) is 10.6 Å². The quantitative estimate of drug-likeness (QED) is 0.182. The van der Waals surface area contributed by atoms with Crippen molar-refractivity contribution in [2.45, 2.75) is 19.3 Å². The molecule has 0 bridgehead atoms. The first-order valence-corrected chi connectivity index (χ1v) is 9.39. The van der Waals surface area contributed by atoms with Crippen molar-refractivity contribution in [3.63, 3.8) is 0 Å². The summed E-state index contributed by atoms with van der Waals surface area (Å²) in [5.74, 6) is -3.10. The number of rotatable bonds is 15. The topological polar surface area (TPSA) is 187 Å². The average Bonchev–Trinajstić information content (AvgIpc) is 2.70. The van der Waals surface area contributed by atoms with Crippen molar-refractivity contribution < 1.29 is 43.6 Å². The van der Waals surface area contributed by atoms with Gasteiger partial charge in [-0.05, 0) is 18.6 Å². The molecular weight excluding hydrogens is 414 g/mol. The summed E-state index contributed by atoms with van der Waals surface area (Å²) in [6, 6.07) is 2.74. The number of benzene rings is 1. The maximum atomic E-state index is 11.9. The average molecular weight is 441 g/mol. The zero-order chi connectivity index (χ0) is 23.2. The molecule has 0 unspecified atom stereocenters. The predicted octanol–water partition coefficient (Wildman–Crippen LogP) is -0.157. The number of nitrogens with two attached hydrogens (primary N) is 1. The lowest BCUT2D eigenvalue weighted by molar-refractivity contribution is -0.137. The van der Waals surface area contributed by atoms with Crippen LogP contribution in [0.3, 0.4) is 0 Å². The summed E-state index contributed by atoms with van der Waals surface area (Å²) in [7, 11) is 1.31. The number of ether oxygens (including phenoxy) is 3. The third-order valence-corrected chi connectivity index (χ3v) is 3.85. The van der Waals surface area contributed by atoms with Gasteiger partial charge in [0.2, 0.25) is 11.8 Å². The second-order valence-electron chi connectivity index (χ2n) is 6.21. The Kier molecular flexibility index (Phi) is 11.4. The number of anilines is 1. The van der Waals surface area contributed by atoms with E-state index in [1.807, 2.05) is 0 Å². The Morgan fingerprint density at radius 2 is 1.74 bits per heavy atom. The number of aliphatic carboxylic acids is 1. The fourth-order valence-electron chi connectivity index (χ4n) is 2.40. The standard InChI is InChI=1S/C19H27N3O9/c1-29-13-6-5-12(18(27)17(13)19(20)28)22-15(24)11-31-10-9-30-8-7-21-14(23)3-2-4-16(25)26/h5-6,27H,2-4,7-11H2,1H3,(H2,20,28)(H,21,23)(H,22,24)(H,25,26). The number of amides is 3. The Labute approximate surface area is 178 Å². The molecule has 3 amide bonds. The van der Waals surface area contributed by atoms with Gasteiger partial charge in [0, 0.05) is 19.4 Å². The Hall–Kier alpha value is -3.38. The second-order valence-corrected chi connectivity index (χ2v) is 6.21. The minimum Gasteiger partial charge on any atom is -0.505 e. The van der Waals surface area contributed by atoms with Crippen LogP contribution in [0.2, 0.25) is 0 Å². The molecular formula is C19H27N3O9. The minimum atomic E-state index is -0.943. The number of hydrogen-bond acceptors (Lipinski definition) is 8. The van der Waals surface area contributed by atoms with Crippen molar-refractivity contribution in [1.29, 1.82) is 0 Å². The SMILES string of the molecule is COc1ccc(NC(=O)COCCOCCNC(=O)CCCC(=O)O)c(O)c1C(N)=O. The molecule has 0 aliphatic carbocycles. The highest BCUT2D eigenvalue weighted by Crippen LogP contribution is 2.34. The van der Waals surface area contributed by atoms with Crippen molar-refractivity contribution in [1.82, 2.24) is 5.32 Å². The van der Waals surface area contributed by atoms with Crippen molar-refractivity contribution in [2.75, 3.05) is 45.4 Å². The van der Waals surface area contributed by atoms with Gasteiger partial charge in [0.1, 0.15) is 17.9 Å². The first-order chi connectivity index (χ1) is 14.8. The van der Waals surface area contributed by atoms with Gasteiger partial charge in [0.05, 0.1) is 32.6 Å². The lowest BCUT2D eigenvalue weighted by Gasteiger charge is -2.13. The number of carboxylic acid groups (broad SMARTS) is 1. The Balaban J connectivity index is 2.21. The molecule has 0 fully saturated rings. The molecule has 0 saturated carbocycles. The van der Waals surface area contributed by atoms with Crippen LogP contribution in [0, 0.1) is 0 Å². The molecule has 0 heterocycles. The normalized spacial score (nSPS) is 10.4. The summed E-state index contributed by atoms with van der Waals surface area (Å²) < 4.78 is 15.3. The van der Waals surface area contributed by atoms with Crippen LogP contribution in [-0.2, 0) is 23.9 Å². The number of methoxy groups -OCH3 is 1. The van der Waals surface area contributed by atoms with Gasteiger partial charge < -0.3 is 40.8 Å². The first kappa shape index (κ1) is 25.7. The molecule has 1 rings (SSSR count). The van der Waals surface area contributed by atoms with Gasteiger partial charge in [-0.15, -0.1) is 0 Å². The summed E-state index contributed by atoms with van der Waals surface area (Å²) in [5, 5.41) is 23.6. The van der Waals surface area contributed by atoms with Gasteiger partial charge in [-0.3, -0.25) is 19.2 Å². The van der Waals surface area contributed by atoms with E-state index in [9.17, 15) is 24.3 Å². The van der Waals surface area contributed by atoms with Crippen LogP contribution in [0.5, 0.6) is 11.5 Å². The molecule has 6 N–H and O–H groups in total. The first-order valence-electron chi connectivity index (χ1n) is 9.39. The molecule has 12 nitrogen and oxygen atoms in total. The van der Waals surface area contributed by atoms with E-state index in [-0.39, 0.29) is 75.1 Å². The highest BCUT2D eigenvalue weighted by Gasteiger charge is 2.19. The van der Waals surface area contributed by atoms with E-state index in [0.29, 0.717) is 0 Å². The molecule has 12 heteroatoms. The molecule has 0 spiro atoms. The number of nitrogens with one attached hydrogen (secondary N) is 2. The maximum absolute atomic E-state index is 11.9. The lowest BCUT2D eigenvalue weighted by atomic mass is 10.1. The highest BCUT2D eigenvalue weighted by atomic mass is 16.5. The van der Waals surface area contributed by atoms with Crippen molar-refractivity contribution in [3.8, 4) is 11.5 Å². The number of aromatic hydroxyl groups is 1. The van der Waals surface area contributed by atoms with Crippen molar-refractivity contribution in [3.05, 3.63) is 17.7 Å². The lowest BCUT2D eigenvalue weighted by Crippen LogP contribution is -2.27. The Bertz CT molecular complexity index is 783. The predicted molar refractivity (Wildman–Crippen MR) is 108 cm³/mol. The van der Waals surface area contributed by atoms with Gasteiger partial charge in [0.15, 0.2) is 5.75 Å². The van der Waals surface area contributed by atoms with Gasteiger partial charge in [-0.2, -0.15) is 0 Å². The number of hydrogen-bond donors (Lipinski definition) is 5. The van der Waals surface area contributed by atoms with Crippen LogP contribution < -0.4 is 21.1 Å². The zero-order valence-corrected chi connectivity index (χ0v) is 17.1. The third-order valence-electron chi connectivity index (χ3n) is 3.85. The number of phenols is 1. The van der Waals surface area contributed by atoms with E-state index in [1.165, 1.54) is 19.2 Å². The summed E-state index contributed by atoms with van der Waals surface area (Å²) in [6.45, 7) is 0.477. The van der Waals surface area contributed by atoms with Gasteiger partial charge in [-0.25, -0.2) is 0 Å². The van der Waals surface area contributed by atoms with E-state index in [4.69, 9.17) is 25.1 Å². The van der Waals surface area contributed by atoms with Crippen LogP contribution in [0.15, 0.2) is 12.1 Å². The summed E-state index contributed by atoms with van der Waals surface area (Å²) in [5.41, 5.74) is 4.95. The van der Waals surface area contributed by atoms with E-state index in [1.54, 1.807) is 0 Å². The zero-order valence-electron chi connectivity index (χ0n) is 17.1. The van der Waals surface area contributed by atoms with E-state index in [0.717, 1.165) is 0 Å². The molecule has 0 aliphatic rings. The van der Waals surface area contributed by atoms with Crippen LogP contribution in [0.25, 0.3) is 0 Å². The largest absolute Gasteiger partial charge is 0.505 e. The molecule has 0 atom stereocenters. The van der Waals surface area contributed by atoms with Crippen LogP contribution >= 0.6 is 0 Å². The molecule has 31 heavy (non-hydrogen) atoms. The molecule has 172 valence electrons. The second kappa shape index (κ2) is 13.8. The van der Waals surface area contributed by atoms with Crippen molar-refractivity contribution >= 4 is 29.4 Å². The van der Waals surface area contributed by atoms with Gasteiger partial charge >= 0.3 is 5.97 Å². The molecule has 0 aliphatic heterocycles. The number of primary amides is 1. The fourth-order valence-corrected chi connectivity index (χ4v) is 2.40. The number of carboxylic acids is 1. The van der Waals surface area contributed by atoms with Crippen LogP contribution in [-0.4, -0.2) is 74.0 Å². The molecule has 0 aromatic heterocycles. The van der Waals surface area contributed by atoms with Crippen LogP contribution in [0.1, 0.15) is 29.6 Å². The summed E-state index contributed by atoms with van der Waals surface area (Å²) >= 11 is 0. The van der Waals surface area contributed by atoms with E-state index >= 15 is 0 Å².